The molecule has 1 unspecified atom stereocenters. The third kappa shape index (κ3) is 6.44. The molecule has 35 heavy (non-hydrogen) atoms. The van der Waals surface area contributed by atoms with Crippen LogP contribution in [0.2, 0.25) is 0 Å². The molecule has 3 rings (SSSR count). The van der Waals surface area contributed by atoms with Crippen LogP contribution < -0.4 is 16.4 Å². The Morgan fingerprint density at radius 3 is 2.60 bits per heavy atom. The van der Waals surface area contributed by atoms with Gasteiger partial charge in [-0.2, -0.15) is 5.10 Å². The highest BCUT2D eigenvalue weighted by Gasteiger charge is 2.32. The average Bonchev–Trinajstić information content (AvgIpc) is 3.32. The first kappa shape index (κ1) is 25.9. The molecule has 0 radical (unpaired) electrons. The zero-order valence-corrected chi connectivity index (χ0v) is 20.8. The molecule has 1 aliphatic carbocycles. The number of carbonyl (C=O) groups excluding carboxylic acids is 2. The Hall–Kier alpha value is -3.75. The number of nitrogens with one attached hydrogen (secondary N) is 2. The number of pyridine rings is 1. The normalized spacial score (nSPS) is 16.3. The molecule has 1 atom stereocenters. The SMILES string of the molecule is C=CCn1nccc1C(=O)NC(C(=O)Nc1ccc(/C(C(C)=NC)=C(\C)N)nc1)C1CCCCC1. The summed E-state index contributed by atoms with van der Waals surface area (Å²) in [5, 5.41) is 10.1. The van der Waals surface area contributed by atoms with Gasteiger partial charge in [0, 0.05) is 30.2 Å². The van der Waals surface area contributed by atoms with Crippen LogP contribution in [0.15, 0.2) is 53.9 Å². The van der Waals surface area contributed by atoms with E-state index in [-0.39, 0.29) is 17.7 Å². The van der Waals surface area contributed by atoms with E-state index in [1.54, 1.807) is 55.3 Å². The third-order valence-corrected chi connectivity index (χ3v) is 6.32. The van der Waals surface area contributed by atoms with Gasteiger partial charge in [0.25, 0.3) is 5.91 Å². The van der Waals surface area contributed by atoms with E-state index >= 15 is 0 Å². The Kier molecular flexibility index (Phi) is 8.94. The molecule has 0 aliphatic heterocycles. The van der Waals surface area contributed by atoms with Gasteiger partial charge in [-0.05, 0) is 50.8 Å². The van der Waals surface area contributed by atoms with E-state index in [2.05, 4.69) is 32.3 Å². The highest BCUT2D eigenvalue weighted by atomic mass is 16.2. The van der Waals surface area contributed by atoms with Gasteiger partial charge in [-0.3, -0.25) is 24.2 Å². The molecule has 0 spiro atoms. The predicted molar refractivity (Wildman–Crippen MR) is 139 cm³/mol. The number of anilines is 1. The van der Waals surface area contributed by atoms with E-state index in [1.165, 1.54) is 0 Å². The van der Waals surface area contributed by atoms with Crippen molar-refractivity contribution < 1.29 is 9.59 Å². The van der Waals surface area contributed by atoms with Crippen molar-refractivity contribution in [3.05, 3.63) is 60.3 Å². The lowest BCUT2D eigenvalue weighted by Gasteiger charge is -2.30. The van der Waals surface area contributed by atoms with Crippen LogP contribution in [0.3, 0.4) is 0 Å². The molecule has 1 aliphatic rings. The Balaban J connectivity index is 1.79. The van der Waals surface area contributed by atoms with E-state index in [0.717, 1.165) is 43.4 Å². The van der Waals surface area contributed by atoms with Gasteiger partial charge in [-0.1, -0.05) is 25.3 Å². The van der Waals surface area contributed by atoms with Crippen LogP contribution >= 0.6 is 0 Å². The molecule has 0 saturated heterocycles. The standard InChI is InChI=1S/C26H35N7O2/c1-5-15-33-22(13-14-30-33)25(34)32-24(19-9-7-6-8-10-19)26(35)31-20-11-12-21(29-16-20)23(17(2)27)18(3)28-4/h5,11-14,16,19,24H,1,6-10,15,27H2,2-4H3,(H,31,35)(H,32,34)/b23-17+,28-18?. The molecule has 2 heterocycles. The first-order valence-corrected chi connectivity index (χ1v) is 12.0. The summed E-state index contributed by atoms with van der Waals surface area (Å²) >= 11 is 0. The molecule has 9 heteroatoms. The van der Waals surface area contributed by atoms with Crippen molar-refractivity contribution in [3.63, 3.8) is 0 Å². The summed E-state index contributed by atoms with van der Waals surface area (Å²) in [6.45, 7) is 7.80. The largest absolute Gasteiger partial charge is 0.402 e. The van der Waals surface area contributed by atoms with Crippen LogP contribution in [-0.2, 0) is 11.3 Å². The van der Waals surface area contributed by atoms with E-state index in [4.69, 9.17) is 5.73 Å². The molecule has 1 fully saturated rings. The van der Waals surface area contributed by atoms with E-state index in [1.807, 2.05) is 6.92 Å². The van der Waals surface area contributed by atoms with E-state index < -0.39 is 6.04 Å². The summed E-state index contributed by atoms with van der Waals surface area (Å²) in [6.07, 6.45) is 9.85. The van der Waals surface area contributed by atoms with Crippen LogP contribution in [0.1, 0.15) is 62.1 Å². The number of nitrogens with two attached hydrogens (primary N) is 1. The summed E-state index contributed by atoms with van der Waals surface area (Å²) in [5.41, 5.74) is 9.84. The number of aliphatic imine (C=N–C) groups is 1. The minimum atomic E-state index is -0.661. The summed E-state index contributed by atoms with van der Waals surface area (Å²) in [6, 6.07) is 4.57. The Morgan fingerprint density at radius 1 is 1.26 bits per heavy atom. The molecular weight excluding hydrogens is 442 g/mol. The summed E-state index contributed by atoms with van der Waals surface area (Å²) in [5.74, 6) is -0.522. The molecule has 2 aromatic rings. The van der Waals surface area contributed by atoms with Gasteiger partial charge >= 0.3 is 0 Å². The van der Waals surface area contributed by atoms with Crippen LogP contribution in [-0.4, -0.2) is 45.4 Å². The highest BCUT2D eigenvalue weighted by Crippen LogP contribution is 2.27. The molecule has 0 bridgehead atoms. The predicted octanol–water partition coefficient (Wildman–Crippen LogP) is 3.56. The molecular formula is C26H35N7O2. The van der Waals surface area contributed by atoms with Gasteiger partial charge in [0.15, 0.2) is 0 Å². The quantitative estimate of drug-likeness (QED) is 0.376. The first-order chi connectivity index (χ1) is 16.8. The summed E-state index contributed by atoms with van der Waals surface area (Å²) in [4.78, 5) is 35.1. The molecule has 0 aromatic carbocycles. The smallest absolute Gasteiger partial charge is 0.270 e. The molecule has 9 nitrogen and oxygen atoms in total. The minimum absolute atomic E-state index is 0.0635. The second kappa shape index (κ2) is 12.1. The Labute approximate surface area is 206 Å². The zero-order chi connectivity index (χ0) is 25.4. The van der Waals surface area contributed by atoms with E-state index in [9.17, 15) is 9.59 Å². The van der Waals surface area contributed by atoms with Crippen LogP contribution in [0.5, 0.6) is 0 Å². The van der Waals surface area contributed by atoms with Crippen molar-refractivity contribution in [3.8, 4) is 0 Å². The second-order valence-electron chi connectivity index (χ2n) is 8.82. The van der Waals surface area contributed by atoms with Crippen molar-refractivity contribution in [1.29, 1.82) is 0 Å². The molecule has 4 N–H and O–H groups in total. The highest BCUT2D eigenvalue weighted by molar-refractivity contribution is 6.22. The number of carbonyl (C=O) groups is 2. The average molecular weight is 478 g/mol. The fourth-order valence-electron chi connectivity index (χ4n) is 4.49. The number of allylic oxidation sites excluding steroid dienone is 3. The van der Waals surface area contributed by atoms with Gasteiger partial charge < -0.3 is 16.4 Å². The molecule has 2 aromatic heterocycles. The van der Waals surface area contributed by atoms with Crippen molar-refractivity contribution in [1.82, 2.24) is 20.1 Å². The third-order valence-electron chi connectivity index (χ3n) is 6.32. The fraction of sp³-hybridized carbons (Fsp3) is 0.423. The number of amides is 2. The van der Waals surface area contributed by atoms with Crippen molar-refractivity contribution in [2.45, 2.75) is 58.5 Å². The second-order valence-corrected chi connectivity index (χ2v) is 8.82. The molecule has 1 saturated carbocycles. The maximum absolute atomic E-state index is 13.4. The van der Waals surface area contributed by atoms with Crippen LogP contribution in [0.25, 0.3) is 5.57 Å². The van der Waals surface area contributed by atoms with Gasteiger partial charge in [-0.15, -0.1) is 6.58 Å². The maximum Gasteiger partial charge on any atom is 0.270 e. The summed E-state index contributed by atoms with van der Waals surface area (Å²) in [7, 11) is 1.71. The summed E-state index contributed by atoms with van der Waals surface area (Å²) < 4.78 is 1.56. The number of rotatable bonds is 9. The lowest BCUT2D eigenvalue weighted by Crippen LogP contribution is -2.49. The van der Waals surface area contributed by atoms with Crippen LogP contribution in [0, 0.1) is 5.92 Å². The first-order valence-electron chi connectivity index (χ1n) is 12.0. The topological polar surface area (TPSA) is 127 Å². The van der Waals surface area contributed by atoms with Gasteiger partial charge in [0.2, 0.25) is 5.91 Å². The number of hydrogen-bond donors (Lipinski definition) is 3. The fourth-order valence-corrected chi connectivity index (χ4v) is 4.49. The van der Waals surface area contributed by atoms with Crippen molar-refractivity contribution >= 4 is 28.8 Å². The lowest BCUT2D eigenvalue weighted by atomic mass is 9.83. The number of aromatic nitrogens is 3. The lowest BCUT2D eigenvalue weighted by molar-refractivity contribution is -0.119. The minimum Gasteiger partial charge on any atom is -0.402 e. The van der Waals surface area contributed by atoms with E-state index in [0.29, 0.717) is 29.3 Å². The molecule has 186 valence electrons. The Morgan fingerprint density at radius 2 is 2.00 bits per heavy atom. The monoisotopic (exact) mass is 477 g/mol. The van der Waals surface area contributed by atoms with Crippen molar-refractivity contribution in [2.24, 2.45) is 16.6 Å². The van der Waals surface area contributed by atoms with Crippen molar-refractivity contribution in [2.75, 3.05) is 12.4 Å². The zero-order valence-electron chi connectivity index (χ0n) is 20.8. The van der Waals surface area contributed by atoms with Crippen LogP contribution in [0.4, 0.5) is 5.69 Å². The van der Waals surface area contributed by atoms with Gasteiger partial charge in [0.05, 0.1) is 24.1 Å². The molecule has 2 amide bonds. The van der Waals surface area contributed by atoms with Gasteiger partial charge in [-0.25, -0.2) is 0 Å². The maximum atomic E-state index is 13.4. The number of hydrogen-bond acceptors (Lipinski definition) is 6. The van der Waals surface area contributed by atoms with Gasteiger partial charge in [0.1, 0.15) is 11.7 Å². The number of nitrogens with zero attached hydrogens (tertiary/aromatic N) is 4. The Bertz CT molecular complexity index is 1100.